The average molecular weight is 512 g/mol. The van der Waals surface area contributed by atoms with Crippen molar-refractivity contribution in [1.82, 2.24) is 29.3 Å². The first kappa shape index (κ1) is 24.2. The van der Waals surface area contributed by atoms with Gasteiger partial charge in [-0.1, -0.05) is 0 Å². The van der Waals surface area contributed by atoms with E-state index in [0.29, 0.717) is 31.1 Å². The van der Waals surface area contributed by atoms with Gasteiger partial charge in [0, 0.05) is 48.1 Å². The van der Waals surface area contributed by atoms with E-state index in [-0.39, 0.29) is 11.9 Å². The van der Waals surface area contributed by atoms with Gasteiger partial charge in [-0.15, -0.1) is 0 Å². The van der Waals surface area contributed by atoms with Crippen LogP contribution in [0.25, 0.3) is 39.2 Å². The van der Waals surface area contributed by atoms with Gasteiger partial charge in [-0.25, -0.2) is 19.0 Å². The minimum atomic E-state index is -0.323. The highest BCUT2D eigenvalue weighted by molar-refractivity contribution is 5.94. The van der Waals surface area contributed by atoms with Crippen LogP contribution >= 0.6 is 0 Å². The third-order valence-electron chi connectivity index (χ3n) is 7.27. The van der Waals surface area contributed by atoms with Gasteiger partial charge in [-0.3, -0.25) is 4.98 Å². The van der Waals surface area contributed by atoms with Crippen LogP contribution in [0, 0.1) is 26.6 Å². The highest BCUT2D eigenvalue weighted by Crippen LogP contribution is 2.35. The molecule has 1 aliphatic rings. The molecule has 5 heterocycles. The number of rotatable bonds is 4. The van der Waals surface area contributed by atoms with Crippen molar-refractivity contribution in [3.05, 3.63) is 71.7 Å². The lowest BCUT2D eigenvalue weighted by Crippen LogP contribution is -2.44. The molecule has 194 valence electrons. The molecule has 5 aromatic rings. The van der Waals surface area contributed by atoms with Crippen LogP contribution in [0.1, 0.15) is 24.0 Å². The van der Waals surface area contributed by atoms with Crippen molar-refractivity contribution in [3.8, 4) is 28.3 Å². The first-order valence-electron chi connectivity index (χ1n) is 12.8. The summed E-state index contributed by atoms with van der Waals surface area (Å²) in [4.78, 5) is 16.7. The standard InChI is InChI=1S/C29H30FN7O/c1-17-6-7-22(15-31-17)37-20(4)28(19(3)34-37)25-14-27(36-10-11-38-16-18(36)2)33-29(32-25)24-12-21(30)13-26-23(24)8-9-35(26)5/h6-9,12-15,18H,10-11,16H2,1-5H3/t18-/m1/s1. The maximum Gasteiger partial charge on any atom is 0.162 e. The number of benzene rings is 1. The summed E-state index contributed by atoms with van der Waals surface area (Å²) in [5.41, 5.74) is 6.76. The lowest BCUT2D eigenvalue weighted by molar-refractivity contribution is 0.0985. The third kappa shape index (κ3) is 4.12. The Morgan fingerprint density at radius 3 is 2.66 bits per heavy atom. The molecule has 0 amide bonds. The molecule has 0 saturated carbocycles. The number of fused-ring (bicyclic) bond motifs is 1. The van der Waals surface area contributed by atoms with Gasteiger partial charge in [0.05, 0.1) is 53.7 Å². The van der Waals surface area contributed by atoms with Crippen LogP contribution < -0.4 is 4.90 Å². The van der Waals surface area contributed by atoms with Crippen molar-refractivity contribution in [1.29, 1.82) is 0 Å². The van der Waals surface area contributed by atoms with Gasteiger partial charge in [0.1, 0.15) is 11.6 Å². The molecular formula is C29H30FN7O. The average Bonchev–Trinajstić information content (AvgIpc) is 3.42. The second kappa shape index (κ2) is 9.33. The van der Waals surface area contributed by atoms with Crippen molar-refractivity contribution in [2.24, 2.45) is 7.05 Å². The van der Waals surface area contributed by atoms with Gasteiger partial charge < -0.3 is 14.2 Å². The summed E-state index contributed by atoms with van der Waals surface area (Å²) >= 11 is 0. The summed E-state index contributed by atoms with van der Waals surface area (Å²) in [6.07, 6.45) is 3.75. The van der Waals surface area contributed by atoms with Crippen LogP contribution in [-0.4, -0.2) is 55.1 Å². The lowest BCUT2D eigenvalue weighted by atomic mass is 10.1. The summed E-state index contributed by atoms with van der Waals surface area (Å²) in [7, 11) is 1.91. The molecule has 1 atom stereocenters. The van der Waals surface area contributed by atoms with E-state index >= 15 is 0 Å². The molecule has 0 unspecified atom stereocenters. The number of ether oxygens (including phenoxy) is 1. The SMILES string of the molecule is Cc1ccc(-n2nc(C)c(-c3cc(N4CCOC[C@H]4C)nc(-c4cc(F)cc5c4ccn5C)n3)c2C)cn1. The Kier molecular flexibility index (Phi) is 5.95. The van der Waals surface area contributed by atoms with Crippen LogP contribution in [-0.2, 0) is 11.8 Å². The largest absolute Gasteiger partial charge is 0.377 e. The predicted octanol–water partition coefficient (Wildman–Crippen LogP) is 5.17. The molecular weight excluding hydrogens is 481 g/mol. The van der Waals surface area contributed by atoms with Crippen LogP contribution in [0.5, 0.6) is 0 Å². The van der Waals surface area contributed by atoms with Gasteiger partial charge in [0.2, 0.25) is 0 Å². The maximum absolute atomic E-state index is 14.8. The van der Waals surface area contributed by atoms with Crippen molar-refractivity contribution < 1.29 is 9.13 Å². The first-order chi connectivity index (χ1) is 18.3. The van der Waals surface area contributed by atoms with E-state index in [1.165, 1.54) is 6.07 Å². The van der Waals surface area contributed by atoms with Crippen molar-refractivity contribution in [2.45, 2.75) is 33.7 Å². The van der Waals surface area contributed by atoms with Crippen molar-refractivity contribution in [3.63, 3.8) is 0 Å². The Morgan fingerprint density at radius 1 is 1.05 bits per heavy atom. The fourth-order valence-electron chi connectivity index (χ4n) is 5.27. The Morgan fingerprint density at radius 2 is 1.89 bits per heavy atom. The number of anilines is 1. The molecule has 0 radical (unpaired) electrons. The summed E-state index contributed by atoms with van der Waals surface area (Å²) in [5.74, 6) is 0.949. The van der Waals surface area contributed by atoms with Crippen molar-refractivity contribution >= 4 is 16.7 Å². The zero-order chi connectivity index (χ0) is 26.6. The van der Waals surface area contributed by atoms with Crippen LogP contribution in [0.3, 0.4) is 0 Å². The maximum atomic E-state index is 14.8. The third-order valence-corrected chi connectivity index (χ3v) is 7.27. The van der Waals surface area contributed by atoms with E-state index in [1.807, 2.05) is 73.7 Å². The van der Waals surface area contributed by atoms with E-state index in [1.54, 1.807) is 6.07 Å². The second-order valence-electron chi connectivity index (χ2n) is 9.98. The fraction of sp³-hybridized carbons (Fsp3) is 0.310. The van der Waals surface area contributed by atoms with E-state index in [4.69, 9.17) is 19.8 Å². The smallest absolute Gasteiger partial charge is 0.162 e. The molecule has 9 heteroatoms. The quantitative estimate of drug-likeness (QED) is 0.331. The van der Waals surface area contributed by atoms with E-state index in [2.05, 4.69) is 16.8 Å². The number of morpholine rings is 1. The number of pyridine rings is 1. The molecule has 0 bridgehead atoms. The van der Waals surface area contributed by atoms with Crippen LogP contribution in [0.2, 0.25) is 0 Å². The van der Waals surface area contributed by atoms with Gasteiger partial charge in [0.15, 0.2) is 5.82 Å². The van der Waals surface area contributed by atoms with E-state index in [0.717, 1.165) is 50.7 Å². The number of aromatic nitrogens is 6. The molecule has 1 aromatic carbocycles. The second-order valence-corrected chi connectivity index (χ2v) is 9.98. The highest BCUT2D eigenvalue weighted by Gasteiger charge is 2.25. The Balaban J connectivity index is 1.57. The Hall–Kier alpha value is -4.11. The molecule has 1 fully saturated rings. The molecule has 38 heavy (non-hydrogen) atoms. The van der Waals surface area contributed by atoms with Crippen LogP contribution in [0.15, 0.2) is 48.8 Å². The zero-order valence-electron chi connectivity index (χ0n) is 22.2. The fourth-order valence-corrected chi connectivity index (χ4v) is 5.27. The monoisotopic (exact) mass is 511 g/mol. The van der Waals surface area contributed by atoms with Crippen LogP contribution in [0.4, 0.5) is 10.2 Å². The summed E-state index contributed by atoms with van der Waals surface area (Å²) in [6, 6.07) is 11.2. The highest BCUT2D eigenvalue weighted by atomic mass is 19.1. The predicted molar refractivity (Wildman–Crippen MR) is 146 cm³/mol. The lowest BCUT2D eigenvalue weighted by Gasteiger charge is -2.34. The van der Waals surface area contributed by atoms with Gasteiger partial charge in [-0.2, -0.15) is 5.10 Å². The zero-order valence-corrected chi connectivity index (χ0v) is 22.2. The molecule has 0 aliphatic carbocycles. The Labute approximate surface area is 220 Å². The molecule has 6 rings (SSSR count). The Bertz CT molecular complexity index is 1650. The molecule has 8 nitrogen and oxygen atoms in total. The number of nitrogens with zero attached hydrogens (tertiary/aromatic N) is 7. The molecule has 4 aromatic heterocycles. The number of halogens is 1. The first-order valence-corrected chi connectivity index (χ1v) is 12.8. The summed E-state index contributed by atoms with van der Waals surface area (Å²) < 4.78 is 24.3. The number of hydrogen-bond acceptors (Lipinski definition) is 6. The molecule has 1 saturated heterocycles. The summed E-state index contributed by atoms with van der Waals surface area (Å²) in [6.45, 7) is 10.1. The number of hydrogen-bond donors (Lipinski definition) is 0. The minimum absolute atomic E-state index is 0.146. The molecule has 0 N–H and O–H groups in total. The summed E-state index contributed by atoms with van der Waals surface area (Å²) in [5, 5.41) is 5.74. The van der Waals surface area contributed by atoms with Gasteiger partial charge in [-0.05, 0) is 58.0 Å². The van der Waals surface area contributed by atoms with Gasteiger partial charge >= 0.3 is 0 Å². The number of aryl methyl sites for hydroxylation is 3. The van der Waals surface area contributed by atoms with Crippen molar-refractivity contribution in [2.75, 3.05) is 24.7 Å². The molecule has 0 spiro atoms. The van der Waals surface area contributed by atoms with E-state index < -0.39 is 0 Å². The minimum Gasteiger partial charge on any atom is -0.377 e. The topological polar surface area (TPSA) is 73.9 Å². The van der Waals surface area contributed by atoms with E-state index in [9.17, 15) is 4.39 Å². The van der Waals surface area contributed by atoms with Gasteiger partial charge in [0.25, 0.3) is 0 Å². The molecule has 1 aliphatic heterocycles. The normalized spacial score (nSPS) is 15.9.